The van der Waals surface area contributed by atoms with E-state index in [1.54, 1.807) is 0 Å². The maximum absolute atomic E-state index is 11.8. The van der Waals surface area contributed by atoms with E-state index in [2.05, 4.69) is 44.3 Å². The first kappa shape index (κ1) is 29.9. The van der Waals surface area contributed by atoms with Crippen molar-refractivity contribution in [3.8, 4) is 0 Å². The van der Waals surface area contributed by atoms with E-state index in [0.29, 0.717) is 23.9 Å². The van der Waals surface area contributed by atoms with Crippen LogP contribution in [0.25, 0.3) is 11.2 Å². The minimum absolute atomic E-state index is 0.0350. The Balaban J connectivity index is 0.000000214. The molecule has 37 heavy (non-hydrogen) atoms. The van der Waals surface area contributed by atoms with Gasteiger partial charge in [0.1, 0.15) is 11.5 Å². The van der Waals surface area contributed by atoms with Gasteiger partial charge in [-0.25, -0.2) is 15.0 Å². The second-order valence-electron chi connectivity index (χ2n) is 9.32. The van der Waals surface area contributed by atoms with Gasteiger partial charge in [-0.2, -0.15) is 0 Å². The van der Waals surface area contributed by atoms with Crippen LogP contribution >= 0.6 is 0 Å². The number of hydrogen-bond donors (Lipinski definition) is 2. The normalized spacial score (nSPS) is 14.5. The quantitative estimate of drug-likeness (QED) is 0.370. The van der Waals surface area contributed by atoms with Gasteiger partial charge in [0.25, 0.3) is 0 Å². The van der Waals surface area contributed by atoms with Crippen LogP contribution in [-0.2, 0) is 4.79 Å². The van der Waals surface area contributed by atoms with Gasteiger partial charge in [-0.1, -0.05) is 33.3 Å². The molecule has 1 saturated heterocycles. The van der Waals surface area contributed by atoms with Crippen molar-refractivity contribution in [3.63, 3.8) is 0 Å². The van der Waals surface area contributed by atoms with Gasteiger partial charge < -0.3 is 20.0 Å². The van der Waals surface area contributed by atoms with Crippen LogP contribution in [0.1, 0.15) is 75.9 Å². The van der Waals surface area contributed by atoms with Crippen molar-refractivity contribution in [2.24, 2.45) is 5.92 Å². The molecule has 0 bridgehead atoms. The summed E-state index contributed by atoms with van der Waals surface area (Å²) in [6, 6.07) is 4.82. The van der Waals surface area contributed by atoms with Gasteiger partial charge in [-0.3, -0.25) is 9.59 Å². The molecule has 4 rings (SSSR count). The maximum atomic E-state index is 11.8. The fourth-order valence-electron chi connectivity index (χ4n) is 3.88. The van der Waals surface area contributed by atoms with Gasteiger partial charge in [0.05, 0.1) is 0 Å². The number of carbonyl (C=O) groups is 2. The number of nitrogens with one attached hydrogen (secondary N) is 2. The number of hydrogen-bond acceptors (Lipinski definition) is 8. The molecule has 2 N–H and O–H groups in total. The highest BCUT2D eigenvalue weighted by molar-refractivity contribution is 6.04. The van der Waals surface area contributed by atoms with Crippen molar-refractivity contribution in [1.29, 1.82) is 0 Å². The van der Waals surface area contributed by atoms with E-state index < -0.39 is 0 Å². The van der Waals surface area contributed by atoms with E-state index in [0.717, 1.165) is 11.9 Å². The smallest absolute Gasteiger partial charge is 0.248 e. The molecule has 3 aromatic rings. The summed E-state index contributed by atoms with van der Waals surface area (Å²) < 4.78 is 5.21. The summed E-state index contributed by atoms with van der Waals surface area (Å²) in [6.07, 6.45) is 11.6. The van der Waals surface area contributed by atoms with E-state index >= 15 is 0 Å². The van der Waals surface area contributed by atoms with Gasteiger partial charge in [-0.05, 0) is 64.3 Å². The Morgan fingerprint density at radius 1 is 1.14 bits per heavy atom. The number of anilines is 2. The number of aryl methyl sites for hydroxylation is 1. The van der Waals surface area contributed by atoms with Gasteiger partial charge in [0.15, 0.2) is 17.6 Å². The highest BCUT2D eigenvalue weighted by atomic mass is 16.4. The Hall–Kier alpha value is -3.33. The van der Waals surface area contributed by atoms with Crippen LogP contribution in [0.2, 0.25) is 0 Å². The zero-order valence-corrected chi connectivity index (χ0v) is 23.1. The lowest BCUT2D eigenvalue weighted by atomic mass is 10.1. The lowest BCUT2D eigenvalue weighted by molar-refractivity contribution is -0.119. The number of aldehydes is 1. The second-order valence-corrected chi connectivity index (χ2v) is 9.32. The van der Waals surface area contributed by atoms with E-state index in [-0.39, 0.29) is 23.3 Å². The second kappa shape index (κ2) is 15.7. The maximum Gasteiger partial charge on any atom is 0.248 e. The predicted octanol–water partition coefficient (Wildman–Crippen LogP) is 5.72. The van der Waals surface area contributed by atoms with Crippen LogP contribution < -0.4 is 10.6 Å². The first-order valence-electron chi connectivity index (χ1n) is 13.2. The molecule has 1 aliphatic heterocycles. The third-order valence-corrected chi connectivity index (χ3v) is 6.41. The molecule has 0 aromatic carbocycles. The number of pyridine rings is 1. The number of furan rings is 1. The third kappa shape index (κ3) is 9.24. The zero-order valence-electron chi connectivity index (χ0n) is 23.1. The average Bonchev–Trinajstić information content (AvgIpc) is 3.58. The molecule has 9 nitrogen and oxygen atoms in total. The lowest BCUT2D eigenvalue weighted by Crippen LogP contribution is -2.29. The van der Waals surface area contributed by atoms with Crippen molar-refractivity contribution in [1.82, 2.24) is 19.9 Å². The van der Waals surface area contributed by atoms with Crippen molar-refractivity contribution in [3.05, 3.63) is 42.0 Å². The van der Waals surface area contributed by atoms with Crippen molar-refractivity contribution < 1.29 is 14.0 Å². The molecule has 1 amide bonds. The molecule has 0 saturated carbocycles. The fourth-order valence-corrected chi connectivity index (χ4v) is 3.88. The summed E-state index contributed by atoms with van der Waals surface area (Å²) in [4.78, 5) is 37.5. The average molecular weight is 511 g/mol. The molecule has 4 heterocycles. The van der Waals surface area contributed by atoms with E-state index in [9.17, 15) is 9.59 Å². The van der Waals surface area contributed by atoms with E-state index in [1.807, 2.05) is 46.1 Å². The van der Waals surface area contributed by atoms with Crippen molar-refractivity contribution in [2.75, 3.05) is 30.8 Å². The topological polar surface area (TPSA) is 113 Å². The largest absolute Gasteiger partial charge is 0.431 e. The van der Waals surface area contributed by atoms with Crippen LogP contribution in [0.3, 0.4) is 0 Å². The molecular formula is C28H42N6O3. The monoisotopic (exact) mass is 510 g/mol. The SMILES string of the molecule is CCCC(C)N1CCCC1.CC[C@H](C)C(=O)Nc1c(C=O)oc2nccnc12.CNc1ccc(C)cn1. The Morgan fingerprint density at radius 2 is 1.84 bits per heavy atom. The Bertz CT molecular complexity index is 1090. The van der Waals surface area contributed by atoms with Crippen LogP contribution in [0, 0.1) is 12.8 Å². The number of nitrogens with zero attached hydrogens (tertiary/aromatic N) is 4. The molecule has 1 aliphatic rings. The van der Waals surface area contributed by atoms with E-state index in [4.69, 9.17) is 4.42 Å². The number of amides is 1. The molecule has 3 aromatic heterocycles. The summed E-state index contributed by atoms with van der Waals surface area (Å²) in [5.74, 6) is 0.633. The zero-order chi connectivity index (χ0) is 27.2. The summed E-state index contributed by atoms with van der Waals surface area (Å²) >= 11 is 0. The summed E-state index contributed by atoms with van der Waals surface area (Å²) in [7, 11) is 1.86. The highest BCUT2D eigenvalue weighted by Crippen LogP contribution is 2.27. The lowest BCUT2D eigenvalue weighted by Gasteiger charge is -2.22. The van der Waals surface area contributed by atoms with Crippen LogP contribution in [0.4, 0.5) is 11.5 Å². The Morgan fingerprint density at radius 3 is 2.41 bits per heavy atom. The van der Waals surface area contributed by atoms with E-state index in [1.165, 1.54) is 56.7 Å². The van der Waals surface area contributed by atoms with Crippen LogP contribution in [0.15, 0.2) is 35.1 Å². The van der Waals surface area contributed by atoms with Crippen LogP contribution in [0.5, 0.6) is 0 Å². The summed E-state index contributed by atoms with van der Waals surface area (Å²) in [5, 5.41) is 5.61. The standard InChI is InChI=1S/C12H13N3O3.C9H19N.C7H10N2/c1-3-7(2)11(17)15-9-8(6-16)18-12-10(9)13-4-5-14-12;1-3-6-9(2)10-7-4-5-8-10;1-6-3-4-7(8-2)9-5-6/h4-7H,3H2,1-2H3,(H,15,17);9H,3-8H2,1-2H3;3-5H,1-2H3,(H,8,9)/t7-;;/m0../s1. The first-order chi connectivity index (χ1) is 17.8. The van der Waals surface area contributed by atoms with Gasteiger partial charge >= 0.3 is 0 Å². The summed E-state index contributed by atoms with van der Waals surface area (Å²) in [6.45, 7) is 13.1. The molecule has 9 heteroatoms. The molecule has 0 spiro atoms. The molecule has 1 unspecified atom stereocenters. The molecular weight excluding hydrogens is 468 g/mol. The number of likely N-dealkylation sites (tertiary alicyclic amines) is 1. The van der Waals surface area contributed by atoms with Gasteiger partial charge in [-0.15, -0.1) is 0 Å². The minimum atomic E-state index is -0.172. The highest BCUT2D eigenvalue weighted by Gasteiger charge is 2.20. The number of fused-ring (bicyclic) bond motifs is 1. The summed E-state index contributed by atoms with van der Waals surface area (Å²) in [5.41, 5.74) is 2.10. The molecule has 2 atom stereocenters. The first-order valence-corrected chi connectivity index (χ1v) is 13.2. The molecule has 0 aliphatic carbocycles. The molecule has 0 radical (unpaired) electrons. The fraction of sp³-hybridized carbons (Fsp3) is 0.536. The molecule has 202 valence electrons. The molecule has 1 fully saturated rings. The van der Waals surface area contributed by atoms with Crippen molar-refractivity contribution >= 4 is 34.9 Å². The number of carbonyl (C=O) groups excluding carboxylic acids is 2. The third-order valence-electron chi connectivity index (χ3n) is 6.41. The number of rotatable bonds is 8. The minimum Gasteiger partial charge on any atom is -0.431 e. The van der Waals surface area contributed by atoms with Gasteiger partial charge in [0.2, 0.25) is 11.6 Å². The number of aromatic nitrogens is 3. The van der Waals surface area contributed by atoms with Crippen molar-refractivity contribution in [2.45, 2.75) is 72.8 Å². The predicted molar refractivity (Wildman–Crippen MR) is 149 cm³/mol. The Labute approximate surface area is 220 Å². The van der Waals surface area contributed by atoms with Gasteiger partial charge in [0, 0.05) is 37.6 Å². The Kier molecular flexibility index (Phi) is 12.7. The van der Waals surface area contributed by atoms with Crippen LogP contribution in [-0.4, -0.2) is 58.2 Å².